The predicted octanol–water partition coefficient (Wildman–Crippen LogP) is 1.40. The zero-order valence-corrected chi connectivity index (χ0v) is 12.0. The van der Waals surface area contributed by atoms with Crippen LogP contribution in [0.4, 0.5) is 4.79 Å². The number of carboxylic acid groups (broad SMARTS) is 1. The van der Waals surface area contributed by atoms with Crippen LogP contribution in [-0.4, -0.2) is 65.8 Å². The van der Waals surface area contributed by atoms with Gasteiger partial charge in [-0.1, -0.05) is 6.92 Å². The van der Waals surface area contributed by atoms with Gasteiger partial charge in [-0.25, -0.2) is 4.79 Å². The van der Waals surface area contributed by atoms with Gasteiger partial charge in [0.2, 0.25) is 0 Å². The minimum atomic E-state index is -0.962. The van der Waals surface area contributed by atoms with Gasteiger partial charge in [-0.05, 0) is 26.2 Å². The van der Waals surface area contributed by atoms with Crippen LogP contribution in [0.25, 0.3) is 0 Å². The fraction of sp³-hybridized carbons (Fsp3) is 0.846. The summed E-state index contributed by atoms with van der Waals surface area (Å²) < 4.78 is 5.03. The minimum absolute atomic E-state index is 0.0812. The van der Waals surface area contributed by atoms with Crippen LogP contribution in [0, 0.1) is 0 Å². The molecule has 0 heterocycles. The number of ether oxygens (including phenoxy) is 1. The van der Waals surface area contributed by atoms with Gasteiger partial charge in [-0.3, -0.25) is 4.79 Å². The predicted molar refractivity (Wildman–Crippen MR) is 71.1 cm³/mol. The Bertz CT molecular complexity index is 318. The van der Waals surface area contributed by atoms with Crippen molar-refractivity contribution in [1.82, 2.24) is 9.80 Å². The second-order valence-electron chi connectivity index (χ2n) is 4.98. The molecule has 1 atom stereocenters. The standard InChI is InChI=1S/C13H24N2O4/c1-4-10(2)14(7-8-19-3)13(18)15(9-12(16)17)11-5-6-11/h10-11H,4-9H2,1-3H3,(H,16,17). The highest BCUT2D eigenvalue weighted by Crippen LogP contribution is 2.28. The summed E-state index contributed by atoms with van der Waals surface area (Å²) in [4.78, 5) is 26.6. The first-order valence-electron chi connectivity index (χ1n) is 6.79. The number of methoxy groups -OCH3 is 1. The zero-order valence-electron chi connectivity index (χ0n) is 12.0. The highest BCUT2D eigenvalue weighted by molar-refractivity contribution is 5.81. The highest BCUT2D eigenvalue weighted by atomic mass is 16.5. The van der Waals surface area contributed by atoms with Gasteiger partial charge in [-0.15, -0.1) is 0 Å². The Morgan fingerprint density at radius 2 is 2.05 bits per heavy atom. The molecule has 1 aliphatic carbocycles. The van der Waals surface area contributed by atoms with Crippen molar-refractivity contribution in [1.29, 1.82) is 0 Å². The molecule has 0 spiro atoms. The molecular weight excluding hydrogens is 248 g/mol. The van der Waals surface area contributed by atoms with Crippen LogP contribution < -0.4 is 0 Å². The SMILES string of the molecule is CCC(C)N(CCOC)C(=O)N(CC(=O)O)C1CC1. The van der Waals surface area contributed by atoms with Gasteiger partial charge in [0.25, 0.3) is 0 Å². The molecule has 19 heavy (non-hydrogen) atoms. The molecule has 0 aromatic rings. The van der Waals surface area contributed by atoms with Crippen molar-refractivity contribution in [3.05, 3.63) is 0 Å². The van der Waals surface area contributed by atoms with E-state index in [2.05, 4.69) is 0 Å². The van der Waals surface area contributed by atoms with E-state index in [-0.39, 0.29) is 24.7 Å². The molecular formula is C13H24N2O4. The second kappa shape index (κ2) is 7.33. The quantitative estimate of drug-likeness (QED) is 0.725. The van der Waals surface area contributed by atoms with Crippen LogP contribution in [-0.2, 0) is 9.53 Å². The second-order valence-corrected chi connectivity index (χ2v) is 4.98. The summed E-state index contributed by atoms with van der Waals surface area (Å²) >= 11 is 0. The first kappa shape index (κ1) is 15.8. The normalized spacial score (nSPS) is 15.9. The Morgan fingerprint density at radius 3 is 2.47 bits per heavy atom. The number of carbonyl (C=O) groups excluding carboxylic acids is 1. The molecule has 2 amide bonds. The van der Waals surface area contributed by atoms with E-state index in [1.165, 1.54) is 4.90 Å². The first-order valence-corrected chi connectivity index (χ1v) is 6.79. The summed E-state index contributed by atoms with van der Waals surface area (Å²) in [5.41, 5.74) is 0. The van der Waals surface area contributed by atoms with E-state index < -0.39 is 5.97 Å². The number of aliphatic carboxylic acids is 1. The van der Waals surface area contributed by atoms with E-state index in [0.29, 0.717) is 13.2 Å². The smallest absolute Gasteiger partial charge is 0.323 e. The topological polar surface area (TPSA) is 70.1 Å². The molecule has 0 aromatic carbocycles. The van der Waals surface area contributed by atoms with Crippen LogP contribution in [0.3, 0.4) is 0 Å². The molecule has 0 aromatic heterocycles. The average Bonchev–Trinajstić information content (AvgIpc) is 3.19. The summed E-state index contributed by atoms with van der Waals surface area (Å²) in [5, 5.41) is 8.93. The average molecular weight is 272 g/mol. The number of rotatable bonds is 8. The summed E-state index contributed by atoms with van der Waals surface area (Å²) in [6, 6.07) is -0.00769. The van der Waals surface area contributed by atoms with Gasteiger partial charge in [0.1, 0.15) is 6.54 Å². The van der Waals surface area contributed by atoms with Gasteiger partial charge in [0.05, 0.1) is 6.61 Å². The van der Waals surface area contributed by atoms with Crippen molar-refractivity contribution in [2.45, 2.75) is 45.2 Å². The molecule has 0 aliphatic heterocycles. The number of nitrogens with zero attached hydrogens (tertiary/aromatic N) is 2. The van der Waals surface area contributed by atoms with E-state index in [1.54, 1.807) is 12.0 Å². The largest absolute Gasteiger partial charge is 0.480 e. The van der Waals surface area contributed by atoms with Crippen molar-refractivity contribution in [2.24, 2.45) is 0 Å². The maximum absolute atomic E-state index is 12.5. The molecule has 6 heteroatoms. The van der Waals surface area contributed by atoms with E-state index >= 15 is 0 Å². The van der Waals surface area contributed by atoms with Crippen LogP contribution in [0.15, 0.2) is 0 Å². The van der Waals surface area contributed by atoms with Crippen molar-refractivity contribution >= 4 is 12.0 Å². The Morgan fingerprint density at radius 1 is 1.42 bits per heavy atom. The molecule has 110 valence electrons. The molecule has 1 fully saturated rings. The monoisotopic (exact) mass is 272 g/mol. The molecule has 0 radical (unpaired) electrons. The maximum Gasteiger partial charge on any atom is 0.323 e. The number of carbonyl (C=O) groups is 2. The third-order valence-electron chi connectivity index (χ3n) is 3.44. The van der Waals surface area contributed by atoms with Gasteiger partial charge in [0, 0.05) is 25.7 Å². The molecule has 1 unspecified atom stereocenters. The molecule has 0 saturated heterocycles. The number of carboxylic acids is 1. The van der Waals surface area contributed by atoms with Gasteiger partial charge in [0.15, 0.2) is 0 Å². The fourth-order valence-electron chi connectivity index (χ4n) is 1.96. The zero-order chi connectivity index (χ0) is 14.4. The molecule has 1 rings (SSSR count). The van der Waals surface area contributed by atoms with E-state index in [9.17, 15) is 9.59 Å². The number of hydrogen-bond acceptors (Lipinski definition) is 3. The van der Waals surface area contributed by atoms with Crippen LogP contribution in [0.1, 0.15) is 33.1 Å². The lowest BCUT2D eigenvalue weighted by molar-refractivity contribution is -0.137. The van der Waals surface area contributed by atoms with Crippen molar-refractivity contribution in [2.75, 3.05) is 26.8 Å². The Balaban J connectivity index is 2.73. The number of hydrogen-bond donors (Lipinski definition) is 1. The summed E-state index contributed by atoms with van der Waals surface area (Å²) in [6.07, 6.45) is 2.64. The lowest BCUT2D eigenvalue weighted by Crippen LogP contribution is -2.50. The molecule has 0 bridgehead atoms. The van der Waals surface area contributed by atoms with E-state index in [0.717, 1.165) is 19.3 Å². The number of amides is 2. The number of urea groups is 1. The summed E-state index contributed by atoms with van der Waals surface area (Å²) in [6.45, 7) is 4.72. The van der Waals surface area contributed by atoms with Crippen LogP contribution >= 0.6 is 0 Å². The first-order chi connectivity index (χ1) is 9.01. The molecule has 1 aliphatic rings. The van der Waals surface area contributed by atoms with Gasteiger partial charge < -0.3 is 19.6 Å². The van der Waals surface area contributed by atoms with Crippen molar-refractivity contribution in [3.8, 4) is 0 Å². The third-order valence-corrected chi connectivity index (χ3v) is 3.44. The highest BCUT2D eigenvalue weighted by Gasteiger charge is 2.36. The summed E-state index contributed by atoms with van der Waals surface area (Å²) in [5.74, 6) is -0.962. The Kier molecular flexibility index (Phi) is 6.08. The van der Waals surface area contributed by atoms with Crippen molar-refractivity contribution in [3.63, 3.8) is 0 Å². The Hall–Kier alpha value is -1.30. The van der Waals surface area contributed by atoms with Crippen LogP contribution in [0.5, 0.6) is 0 Å². The lowest BCUT2D eigenvalue weighted by atomic mass is 10.2. The molecule has 6 nitrogen and oxygen atoms in total. The summed E-state index contributed by atoms with van der Waals surface area (Å²) in [7, 11) is 1.59. The van der Waals surface area contributed by atoms with E-state index in [4.69, 9.17) is 9.84 Å². The minimum Gasteiger partial charge on any atom is -0.480 e. The van der Waals surface area contributed by atoms with Crippen molar-refractivity contribution < 1.29 is 19.4 Å². The van der Waals surface area contributed by atoms with E-state index in [1.807, 2.05) is 13.8 Å². The van der Waals surface area contributed by atoms with Gasteiger partial charge >= 0.3 is 12.0 Å². The Labute approximate surface area is 114 Å². The van der Waals surface area contributed by atoms with Crippen LogP contribution in [0.2, 0.25) is 0 Å². The fourth-order valence-corrected chi connectivity index (χ4v) is 1.96. The van der Waals surface area contributed by atoms with Gasteiger partial charge in [-0.2, -0.15) is 0 Å². The molecule has 1 saturated carbocycles. The maximum atomic E-state index is 12.5. The lowest BCUT2D eigenvalue weighted by Gasteiger charge is -2.33. The third kappa shape index (κ3) is 4.70. The molecule has 1 N–H and O–H groups in total.